The van der Waals surface area contributed by atoms with E-state index in [0.29, 0.717) is 11.3 Å². The fourth-order valence-electron chi connectivity index (χ4n) is 1.86. The predicted molar refractivity (Wildman–Crippen MR) is 36.1 cm³/mol. The van der Waals surface area contributed by atoms with Crippen LogP contribution in [-0.2, 0) is 0 Å². The quantitative estimate of drug-likeness (QED) is 0.565. The maximum Gasteiger partial charge on any atom is 0.0683 e. The second-order valence-electron chi connectivity index (χ2n) is 4.35. The van der Waals surface area contributed by atoms with Crippen LogP contribution in [0, 0.1) is 11.3 Å². The summed E-state index contributed by atoms with van der Waals surface area (Å²) < 4.78 is 0. The maximum atomic E-state index is 9.60. The molecule has 2 aliphatic rings. The second kappa shape index (κ2) is 1.20. The highest BCUT2D eigenvalue weighted by atomic mass is 16.3. The van der Waals surface area contributed by atoms with E-state index in [1.54, 1.807) is 0 Å². The summed E-state index contributed by atoms with van der Waals surface area (Å²) in [6.07, 6.45) is 3.35. The van der Waals surface area contributed by atoms with E-state index in [2.05, 4.69) is 13.8 Å². The van der Waals surface area contributed by atoms with Gasteiger partial charge in [0, 0.05) is 0 Å². The Hall–Kier alpha value is -0.0400. The zero-order valence-corrected chi connectivity index (χ0v) is 6.15. The largest absolute Gasteiger partial charge is 0.390 e. The van der Waals surface area contributed by atoms with Crippen molar-refractivity contribution in [2.24, 2.45) is 11.3 Å². The summed E-state index contributed by atoms with van der Waals surface area (Å²) in [5, 5.41) is 9.60. The molecule has 2 fully saturated rings. The number of hydrogen-bond acceptors (Lipinski definition) is 1. The number of aliphatic hydroxyl groups is 1. The number of hydrogen-bond donors (Lipinski definition) is 1. The summed E-state index contributed by atoms with van der Waals surface area (Å²) >= 11 is 0. The first kappa shape index (κ1) is 5.72. The van der Waals surface area contributed by atoms with E-state index >= 15 is 0 Å². The van der Waals surface area contributed by atoms with Gasteiger partial charge in [0.05, 0.1) is 5.60 Å². The van der Waals surface area contributed by atoms with Gasteiger partial charge in [-0.15, -0.1) is 0 Å². The third kappa shape index (κ3) is 0.710. The third-order valence-corrected chi connectivity index (χ3v) is 2.92. The summed E-state index contributed by atoms with van der Waals surface area (Å²) in [4.78, 5) is 0. The molecule has 0 saturated heterocycles. The van der Waals surface area contributed by atoms with Crippen LogP contribution in [0.5, 0.6) is 0 Å². The zero-order chi connectivity index (χ0) is 6.70. The van der Waals surface area contributed by atoms with Crippen molar-refractivity contribution in [2.45, 2.75) is 38.7 Å². The molecule has 0 heterocycles. The molecule has 0 bridgehead atoms. The lowest BCUT2D eigenvalue weighted by Gasteiger charge is -2.07. The minimum Gasteiger partial charge on any atom is -0.390 e. The Bertz CT molecular complexity index is 145. The topological polar surface area (TPSA) is 20.2 Å². The van der Waals surface area contributed by atoms with Crippen molar-refractivity contribution in [1.29, 1.82) is 0 Å². The van der Waals surface area contributed by atoms with Crippen LogP contribution in [0.2, 0.25) is 0 Å². The van der Waals surface area contributed by atoms with Gasteiger partial charge in [-0.2, -0.15) is 0 Å². The van der Waals surface area contributed by atoms with E-state index in [-0.39, 0.29) is 5.60 Å². The molecular weight excluding hydrogens is 112 g/mol. The average molecular weight is 126 g/mol. The summed E-state index contributed by atoms with van der Waals surface area (Å²) in [6.45, 7) is 4.49. The lowest BCUT2D eigenvalue weighted by Crippen LogP contribution is -2.13. The van der Waals surface area contributed by atoms with E-state index in [0.717, 1.165) is 12.8 Å². The highest BCUT2D eigenvalue weighted by molar-refractivity contribution is 5.13. The molecule has 0 amide bonds. The molecule has 0 radical (unpaired) electrons. The first-order valence-corrected chi connectivity index (χ1v) is 3.77. The fourth-order valence-corrected chi connectivity index (χ4v) is 1.86. The summed E-state index contributed by atoms with van der Waals surface area (Å²) in [6, 6.07) is 0. The van der Waals surface area contributed by atoms with Gasteiger partial charge in [-0.25, -0.2) is 0 Å². The zero-order valence-electron chi connectivity index (χ0n) is 6.15. The van der Waals surface area contributed by atoms with Gasteiger partial charge in [-0.1, -0.05) is 13.8 Å². The van der Waals surface area contributed by atoms with Crippen LogP contribution >= 0.6 is 0 Å². The molecule has 0 aromatic rings. The number of rotatable bonds is 1. The van der Waals surface area contributed by atoms with E-state index < -0.39 is 0 Å². The molecule has 52 valence electrons. The molecular formula is C8H14O. The van der Waals surface area contributed by atoms with Crippen LogP contribution in [0.1, 0.15) is 33.1 Å². The first-order chi connectivity index (χ1) is 4.05. The van der Waals surface area contributed by atoms with Gasteiger partial charge in [0.25, 0.3) is 0 Å². The molecule has 2 rings (SSSR count). The molecule has 9 heavy (non-hydrogen) atoms. The van der Waals surface area contributed by atoms with Crippen molar-refractivity contribution in [2.75, 3.05) is 0 Å². The molecule has 2 saturated carbocycles. The van der Waals surface area contributed by atoms with Crippen molar-refractivity contribution in [3.05, 3.63) is 0 Å². The van der Waals surface area contributed by atoms with E-state index in [1.165, 1.54) is 6.42 Å². The SMILES string of the molecule is CC1(C)CC1C1(O)CC1. The summed E-state index contributed by atoms with van der Waals surface area (Å²) in [5.41, 5.74) is 0.259. The highest BCUT2D eigenvalue weighted by Crippen LogP contribution is 2.64. The van der Waals surface area contributed by atoms with Crippen LogP contribution in [0.15, 0.2) is 0 Å². The van der Waals surface area contributed by atoms with Gasteiger partial charge in [-0.05, 0) is 30.6 Å². The molecule has 1 nitrogen and oxygen atoms in total. The van der Waals surface area contributed by atoms with E-state index in [4.69, 9.17) is 0 Å². The lowest BCUT2D eigenvalue weighted by atomic mass is 10.1. The molecule has 0 aromatic carbocycles. The van der Waals surface area contributed by atoms with E-state index in [9.17, 15) is 5.11 Å². The van der Waals surface area contributed by atoms with Crippen molar-refractivity contribution in [1.82, 2.24) is 0 Å². The van der Waals surface area contributed by atoms with E-state index in [1.807, 2.05) is 0 Å². The highest BCUT2D eigenvalue weighted by Gasteiger charge is 2.62. The van der Waals surface area contributed by atoms with Crippen molar-refractivity contribution >= 4 is 0 Å². The lowest BCUT2D eigenvalue weighted by molar-refractivity contribution is 0.111. The Labute approximate surface area is 56.1 Å². The van der Waals surface area contributed by atoms with Crippen molar-refractivity contribution in [3.63, 3.8) is 0 Å². The predicted octanol–water partition coefficient (Wildman–Crippen LogP) is 1.56. The Morgan fingerprint density at radius 2 is 1.78 bits per heavy atom. The molecule has 1 N–H and O–H groups in total. The van der Waals surface area contributed by atoms with Crippen LogP contribution in [0.3, 0.4) is 0 Å². The first-order valence-electron chi connectivity index (χ1n) is 3.77. The molecule has 1 unspecified atom stereocenters. The minimum atomic E-state index is -0.205. The van der Waals surface area contributed by atoms with Crippen LogP contribution in [-0.4, -0.2) is 10.7 Å². The van der Waals surface area contributed by atoms with Gasteiger partial charge in [0.15, 0.2) is 0 Å². The van der Waals surface area contributed by atoms with Crippen molar-refractivity contribution < 1.29 is 5.11 Å². The Balaban J connectivity index is 2.05. The van der Waals surface area contributed by atoms with Gasteiger partial charge in [0.1, 0.15) is 0 Å². The smallest absolute Gasteiger partial charge is 0.0683 e. The molecule has 0 aromatic heterocycles. The Kier molecular flexibility index (Phi) is 0.760. The van der Waals surface area contributed by atoms with Gasteiger partial charge >= 0.3 is 0 Å². The maximum absolute atomic E-state index is 9.60. The average Bonchev–Trinajstić information content (AvgIpc) is 2.51. The van der Waals surface area contributed by atoms with Crippen LogP contribution in [0.25, 0.3) is 0 Å². The van der Waals surface area contributed by atoms with Crippen LogP contribution < -0.4 is 0 Å². The summed E-state index contributed by atoms with van der Waals surface area (Å²) in [7, 11) is 0. The normalized spacial score (nSPS) is 42.3. The monoisotopic (exact) mass is 126 g/mol. The molecule has 1 atom stereocenters. The summed E-state index contributed by atoms with van der Waals surface area (Å²) in [5.74, 6) is 0.630. The van der Waals surface area contributed by atoms with Gasteiger partial charge < -0.3 is 5.11 Å². The van der Waals surface area contributed by atoms with Gasteiger partial charge in [0.2, 0.25) is 0 Å². The van der Waals surface area contributed by atoms with Gasteiger partial charge in [-0.3, -0.25) is 0 Å². The molecule has 2 aliphatic carbocycles. The fraction of sp³-hybridized carbons (Fsp3) is 1.00. The molecule has 0 spiro atoms. The van der Waals surface area contributed by atoms with Crippen molar-refractivity contribution in [3.8, 4) is 0 Å². The van der Waals surface area contributed by atoms with Crippen LogP contribution in [0.4, 0.5) is 0 Å². The standard InChI is InChI=1S/C8H14O/c1-7(2)5-6(7)8(9)3-4-8/h6,9H,3-5H2,1-2H3. The third-order valence-electron chi connectivity index (χ3n) is 2.92. The Morgan fingerprint density at radius 3 is 1.89 bits per heavy atom. The minimum absolute atomic E-state index is 0.205. The molecule has 0 aliphatic heterocycles. The Morgan fingerprint density at radius 1 is 1.33 bits per heavy atom. The molecule has 1 heteroatoms. The second-order valence-corrected chi connectivity index (χ2v) is 4.35.